The Bertz CT molecular complexity index is 205. The highest BCUT2D eigenvalue weighted by molar-refractivity contribution is 4.89. The topological polar surface area (TPSA) is 3.24 Å². The first-order valence-corrected chi connectivity index (χ1v) is 6.86. The van der Waals surface area contributed by atoms with Crippen LogP contribution < -0.4 is 0 Å². The van der Waals surface area contributed by atoms with E-state index in [-0.39, 0.29) is 0 Å². The molecule has 1 unspecified atom stereocenters. The molecule has 0 N–H and O–H groups in total. The number of rotatable bonds is 2. The molecule has 0 bridgehead atoms. The second-order valence-corrected chi connectivity index (χ2v) is 6.32. The maximum absolute atomic E-state index is 2.80. The van der Waals surface area contributed by atoms with Crippen molar-refractivity contribution in [3.05, 3.63) is 0 Å². The normalized spacial score (nSPS) is 35.2. The summed E-state index contributed by atoms with van der Waals surface area (Å²) in [7, 11) is 0. The summed E-state index contributed by atoms with van der Waals surface area (Å²) in [6.07, 6.45) is 8.74. The molecular formula is C14H27N. The highest BCUT2D eigenvalue weighted by Gasteiger charge is 2.36. The maximum Gasteiger partial charge on any atom is 0.00954 e. The average Bonchev–Trinajstić information content (AvgIpc) is 2.70. The molecule has 0 aromatic carbocycles. The average molecular weight is 209 g/mol. The number of piperidine rings is 1. The zero-order chi connectivity index (χ0) is 10.9. The standard InChI is InChI=1S/C14H27N/c1-12(2)14(3)9-6-10-15(11-14)13-7-4-5-8-13/h12-13H,4-11H2,1-3H3. The molecule has 1 saturated heterocycles. The van der Waals surface area contributed by atoms with E-state index in [0.29, 0.717) is 5.41 Å². The van der Waals surface area contributed by atoms with Gasteiger partial charge < -0.3 is 0 Å². The third-order valence-corrected chi connectivity index (χ3v) is 4.99. The fraction of sp³-hybridized carbons (Fsp3) is 1.00. The Hall–Kier alpha value is -0.0400. The summed E-state index contributed by atoms with van der Waals surface area (Å²) in [5, 5.41) is 0. The summed E-state index contributed by atoms with van der Waals surface area (Å²) in [5.74, 6) is 0.835. The molecule has 0 radical (unpaired) electrons. The molecule has 1 aliphatic carbocycles. The van der Waals surface area contributed by atoms with Crippen molar-refractivity contribution in [2.24, 2.45) is 11.3 Å². The van der Waals surface area contributed by atoms with Gasteiger partial charge in [-0.2, -0.15) is 0 Å². The Morgan fingerprint density at radius 3 is 2.40 bits per heavy atom. The fourth-order valence-electron chi connectivity index (χ4n) is 3.36. The van der Waals surface area contributed by atoms with Gasteiger partial charge in [-0.15, -0.1) is 0 Å². The van der Waals surface area contributed by atoms with Gasteiger partial charge in [-0.25, -0.2) is 0 Å². The summed E-state index contributed by atoms with van der Waals surface area (Å²) >= 11 is 0. The number of nitrogens with zero attached hydrogens (tertiary/aromatic N) is 1. The van der Waals surface area contributed by atoms with Gasteiger partial charge in [0.1, 0.15) is 0 Å². The summed E-state index contributed by atoms with van der Waals surface area (Å²) in [5.41, 5.74) is 0.584. The minimum Gasteiger partial charge on any atom is -0.300 e. The predicted octanol–water partition coefficient (Wildman–Crippen LogP) is 3.69. The molecule has 1 saturated carbocycles. The third kappa shape index (κ3) is 2.38. The molecule has 1 atom stereocenters. The second kappa shape index (κ2) is 4.45. The largest absolute Gasteiger partial charge is 0.300 e. The number of likely N-dealkylation sites (tertiary alicyclic amines) is 1. The molecule has 2 aliphatic rings. The van der Waals surface area contributed by atoms with Crippen LogP contribution in [0.5, 0.6) is 0 Å². The van der Waals surface area contributed by atoms with E-state index in [1.165, 1.54) is 51.6 Å². The minimum atomic E-state index is 0.584. The van der Waals surface area contributed by atoms with Gasteiger partial charge >= 0.3 is 0 Å². The van der Waals surface area contributed by atoms with E-state index in [4.69, 9.17) is 0 Å². The van der Waals surface area contributed by atoms with Crippen LogP contribution in [0, 0.1) is 11.3 Å². The third-order valence-electron chi connectivity index (χ3n) is 4.99. The summed E-state index contributed by atoms with van der Waals surface area (Å²) in [4.78, 5) is 2.80. The Balaban J connectivity index is 1.97. The van der Waals surface area contributed by atoms with Crippen LogP contribution in [-0.4, -0.2) is 24.0 Å². The first-order valence-electron chi connectivity index (χ1n) is 6.86. The van der Waals surface area contributed by atoms with Gasteiger partial charge in [-0.3, -0.25) is 4.90 Å². The molecule has 0 aromatic rings. The lowest BCUT2D eigenvalue weighted by atomic mass is 9.73. The van der Waals surface area contributed by atoms with Gasteiger partial charge in [0.25, 0.3) is 0 Å². The first-order chi connectivity index (χ1) is 7.12. The molecule has 0 spiro atoms. The van der Waals surface area contributed by atoms with E-state index in [9.17, 15) is 0 Å². The smallest absolute Gasteiger partial charge is 0.00954 e. The quantitative estimate of drug-likeness (QED) is 0.670. The van der Waals surface area contributed by atoms with Crippen LogP contribution in [0.4, 0.5) is 0 Å². The van der Waals surface area contributed by atoms with Gasteiger partial charge in [0.2, 0.25) is 0 Å². The van der Waals surface area contributed by atoms with E-state index in [1.54, 1.807) is 0 Å². The van der Waals surface area contributed by atoms with Crippen LogP contribution in [0.15, 0.2) is 0 Å². The van der Waals surface area contributed by atoms with E-state index >= 15 is 0 Å². The minimum absolute atomic E-state index is 0.584. The van der Waals surface area contributed by atoms with Crippen molar-refractivity contribution in [2.45, 2.75) is 65.3 Å². The predicted molar refractivity (Wildman–Crippen MR) is 66.0 cm³/mol. The number of hydrogen-bond donors (Lipinski definition) is 0. The van der Waals surface area contributed by atoms with Crippen LogP contribution in [0.25, 0.3) is 0 Å². The van der Waals surface area contributed by atoms with Crippen molar-refractivity contribution in [1.82, 2.24) is 4.90 Å². The van der Waals surface area contributed by atoms with Crippen molar-refractivity contribution < 1.29 is 0 Å². The molecule has 1 nitrogen and oxygen atoms in total. The summed E-state index contributed by atoms with van der Waals surface area (Å²) in [6.45, 7) is 10.0. The summed E-state index contributed by atoms with van der Waals surface area (Å²) < 4.78 is 0. The second-order valence-electron chi connectivity index (χ2n) is 6.32. The Kier molecular flexibility index (Phi) is 3.39. The molecular weight excluding hydrogens is 182 g/mol. The highest BCUT2D eigenvalue weighted by atomic mass is 15.2. The first kappa shape index (κ1) is 11.4. The molecule has 0 amide bonds. The molecule has 2 fully saturated rings. The zero-order valence-corrected chi connectivity index (χ0v) is 10.8. The zero-order valence-electron chi connectivity index (χ0n) is 10.8. The van der Waals surface area contributed by atoms with Crippen LogP contribution >= 0.6 is 0 Å². The number of hydrogen-bond acceptors (Lipinski definition) is 1. The lowest BCUT2D eigenvalue weighted by Gasteiger charge is -2.45. The van der Waals surface area contributed by atoms with Crippen LogP contribution in [0.2, 0.25) is 0 Å². The van der Waals surface area contributed by atoms with Crippen LogP contribution in [0.1, 0.15) is 59.3 Å². The molecule has 2 rings (SSSR count). The highest BCUT2D eigenvalue weighted by Crippen LogP contribution is 2.39. The van der Waals surface area contributed by atoms with Crippen LogP contribution in [0.3, 0.4) is 0 Å². The van der Waals surface area contributed by atoms with Crippen molar-refractivity contribution in [3.63, 3.8) is 0 Å². The lowest BCUT2D eigenvalue weighted by molar-refractivity contribution is 0.0374. The van der Waals surface area contributed by atoms with Crippen molar-refractivity contribution in [3.8, 4) is 0 Å². The maximum atomic E-state index is 2.80. The van der Waals surface area contributed by atoms with Gasteiger partial charge in [0.05, 0.1) is 0 Å². The SMILES string of the molecule is CC(C)C1(C)CCCN(C2CCCC2)C1. The molecule has 0 aromatic heterocycles. The molecule has 15 heavy (non-hydrogen) atoms. The molecule has 1 heterocycles. The summed E-state index contributed by atoms with van der Waals surface area (Å²) in [6, 6.07) is 0.934. The van der Waals surface area contributed by atoms with Crippen LogP contribution in [-0.2, 0) is 0 Å². The monoisotopic (exact) mass is 209 g/mol. The van der Waals surface area contributed by atoms with Gasteiger partial charge in [-0.1, -0.05) is 33.6 Å². The Morgan fingerprint density at radius 1 is 1.13 bits per heavy atom. The Morgan fingerprint density at radius 2 is 1.80 bits per heavy atom. The van der Waals surface area contributed by atoms with E-state index in [1.807, 2.05) is 0 Å². The molecule has 1 heteroatoms. The van der Waals surface area contributed by atoms with Crippen molar-refractivity contribution >= 4 is 0 Å². The Labute approximate surface area is 95.2 Å². The van der Waals surface area contributed by atoms with Gasteiger partial charge in [-0.05, 0) is 43.6 Å². The van der Waals surface area contributed by atoms with E-state index in [2.05, 4.69) is 25.7 Å². The van der Waals surface area contributed by atoms with Crippen molar-refractivity contribution in [2.75, 3.05) is 13.1 Å². The van der Waals surface area contributed by atoms with E-state index < -0.39 is 0 Å². The van der Waals surface area contributed by atoms with Gasteiger partial charge in [0.15, 0.2) is 0 Å². The molecule has 1 aliphatic heterocycles. The van der Waals surface area contributed by atoms with Crippen molar-refractivity contribution in [1.29, 1.82) is 0 Å². The van der Waals surface area contributed by atoms with E-state index in [0.717, 1.165) is 12.0 Å². The molecule has 88 valence electrons. The fourth-order valence-corrected chi connectivity index (χ4v) is 3.36. The lowest BCUT2D eigenvalue weighted by Crippen LogP contribution is -2.48. The van der Waals surface area contributed by atoms with Gasteiger partial charge in [0, 0.05) is 12.6 Å².